The van der Waals surface area contributed by atoms with E-state index in [-0.39, 0.29) is 11.7 Å². The zero-order chi connectivity index (χ0) is 23.4. The van der Waals surface area contributed by atoms with Crippen LogP contribution in [0.5, 0.6) is 0 Å². The Morgan fingerprint density at radius 3 is 2.82 bits per heavy atom. The number of carbonyl (C=O) groups excluding carboxylic acids is 1. The number of rotatable bonds is 6. The van der Waals surface area contributed by atoms with E-state index in [9.17, 15) is 14.9 Å². The second-order valence-corrected chi connectivity index (χ2v) is 8.26. The lowest BCUT2D eigenvalue weighted by atomic mass is 9.99. The van der Waals surface area contributed by atoms with E-state index in [1.54, 1.807) is 4.57 Å². The van der Waals surface area contributed by atoms with E-state index >= 15 is 0 Å². The molecule has 4 rings (SSSR count). The molecule has 0 radical (unpaired) electrons. The van der Waals surface area contributed by atoms with Crippen molar-refractivity contribution in [1.82, 2.24) is 15.2 Å². The molecule has 8 heteroatoms. The highest BCUT2D eigenvalue weighted by Gasteiger charge is 2.23. The first kappa shape index (κ1) is 22.8. The number of ether oxygens (including phenoxy) is 1. The number of aryl methyl sites for hydroxylation is 2. The van der Waals surface area contributed by atoms with Gasteiger partial charge in [-0.15, -0.1) is 0 Å². The molecule has 2 atom stereocenters. The summed E-state index contributed by atoms with van der Waals surface area (Å²) >= 11 is 0. The topological polar surface area (TPSA) is 109 Å². The van der Waals surface area contributed by atoms with Gasteiger partial charge in [0.15, 0.2) is 5.58 Å². The lowest BCUT2D eigenvalue weighted by Crippen LogP contribution is -2.46. The normalized spacial score (nSPS) is 17.3. The van der Waals surface area contributed by atoms with Gasteiger partial charge in [0.1, 0.15) is 12.1 Å². The zero-order valence-electron chi connectivity index (χ0n) is 18.9. The number of nitriles is 1. The van der Waals surface area contributed by atoms with E-state index in [0.717, 1.165) is 40.7 Å². The van der Waals surface area contributed by atoms with Crippen molar-refractivity contribution in [3.8, 4) is 17.2 Å². The number of fused-ring (bicyclic) bond motifs is 1. The van der Waals surface area contributed by atoms with Crippen molar-refractivity contribution in [2.45, 2.75) is 45.4 Å². The highest BCUT2D eigenvalue weighted by molar-refractivity contribution is 5.84. The van der Waals surface area contributed by atoms with Crippen LogP contribution >= 0.6 is 0 Å². The fourth-order valence-electron chi connectivity index (χ4n) is 4.14. The molecule has 2 aromatic carbocycles. The predicted octanol–water partition coefficient (Wildman–Crippen LogP) is 2.52. The summed E-state index contributed by atoms with van der Waals surface area (Å²) in [4.78, 5) is 24.6. The molecule has 3 aromatic rings. The molecule has 1 aliphatic rings. The third-order valence-electron chi connectivity index (χ3n) is 5.91. The molecular weight excluding hydrogens is 420 g/mol. The molecule has 33 heavy (non-hydrogen) atoms. The number of oxazole rings is 1. The first-order valence-corrected chi connectivity index (χ1v) is 11.3. The Balaban J connectivity index is 1.48. The molecule has 1 fully saturated rings. The molecule has 172 valence electrons. The minimum Gasteiger partial charge on any atom is -0.407 e. The van der Waals surface area contributed by atoms with Crippen LogP contribution in [0, 0.1) is 18.3 Å². The Bertz CT molecular complexity index is 1230. The third-order valence-corrected chi connectivity index (χ3v) is 5.91. The van der Waals surface area contributed by atoms with E-state index in [2.05, 4.69) is 16.7 Å². The number of nitrogens with zero attached hydrogens (tertiary/aromatic N) is 2. The van der Waals surface area contributed by atoms with Crippen molar-refractivity contribution < 1.29 is 13.9 Å². The van der Waals surface area contributed by atoms with E-state index in [0.29, 0.717) is 31.7 Å². The van der Waals surface area contributed by atoms with Crippen LogP contribution in [0.15, 0.2) is 45.6 Å². The maximum absolute atomic E-state index is 12.5. The standard InChI is InChI=1S/C25H28N4O4/c1-3-29-21-13-19(11-16(2)23(21)33-25(29)31)18-7-5-17(6-8-18)12-20(14-26)28-24(30)22-15-27-9-4-10-32-22/h5-8,11,13,20,22,27H,3-4,9-10,12,15H2,1-2H3,(H,28,30)/t20?,22-/m0/s1. The Morgan fingerprint density at radius 2 is 2.09 bits per heavy atom. The summed E-state index contributed by atoms with van der Waals surface area (Å²) in [7, 11) is 0. The van der Waals surface area contributed by atoms with Crippen molar-refractivity contribution in [2.75, 3.05) is 19.7 Å². The predicted molar refractivity (Wildman–Crippen MR) is 125 cm³/mol. The van der Waals surface area contributed by atoms with Crippen LogP contribution in [0.1, 0.15) is 24.5 Å². The second-order valence-electron chi connectivity index (χ2n) is 8.26. The van der Waals surface area contributed by atoms with Gasteiger partial charge in [-0.2, -0.15) is 5.26 Å². The molecule has 1 aliphatic heterocycles. The van der Waals surface area contributed by atoms with Crippen LogP contribution in [-0.4, -0.2) is 42.3 Å². The summed E-state index contributed by atoms with van der Waals surface area (Å²) in [6.45, 7) is 6.18. The maximum atomic E-state index is 12.5. The van der Waals surface area contributed by atoms with Crippen LogP contribution in [0.4, 0.5) is 0 Å². The van der Waals surface area contributed by atoms with E-state index in [1.807, 2.05) is 50.2 Å². The molecule has 2 heterocycles. The van der Waals surface area contributed by atoms with Crippen molar-refractivity contribution in [3.63, 3.8) is 0 Å². The highest BCUT2D eigenvalue weighted by atomic mass is 16.5. The van der Waals surface area contributed by atoms with Gasteiger partial charge < -0.3 is 19.8 Å². The van der Waals surface area contributed by atoms with Gasteiger partial charge in [0.05, 0.1) is 11.6 Å². The van der Waals surface area contributed by atoms with E-state index < -0.39 is 12.1 Å². The smallest absolute Gasteiger partial charge is 0.407 e. The molecule has 2 N–H and O–H groups in total. The molecule has 1 aromatic heterocycles. The fourth-order valence-corrected chi connectivity index (χ4v) is 4.14. The number of hydrogen-bond donors (Lipinski definition) is 2. The van der Waals surface area contributed by atoms with Crippen molar-refractivity contribution >= 4 is 17.0 Å². The monoisotopic (exact) mass is 448 g/mol. The average molecular weight is 449 g/mol. The maximum Gasteiger partial charge on any atom is 0.419 e. The van der Waals surface area contributed by atoms with E-state index in [1.165, 1.54) is 0 Å². The Hall–Kier alpha value is -3.41. The van der Waals surface area contributed by atoms with Gasteiger partial charge in [0, 0.05) is 26.1 Å². The fraction of sp³-hybridized carbons (Fsp3) is 0.400. The first-order valence-electron chi connectivity index (χ1n) is 11.3. The molecule has 1 unspecified atom stereocenters. The summed E-state index contributed by atoms with van der Waals surface area (Å²) < 4.78 is 12.6. The molecule has 0 spiro atoms. The van der Waals surface area contributed by atoms with Crippen molar-refractivity contribution in [3.05, 3.63) is 58.1 Å². The van der Waals surface area contributed by atoms with Gasteiger partial charge in [0.2, 0.25) is 0 Å². The Labute approximate surface area is 192 Å². The number of benzene rings is 2. The minimum absolute atomic E-state index is 0.265. The van der Waals surface area contributed by atoms with Gasteiger partial charge in [0.25, 0.3) is 5.91 Å². The van der Waals surface area contributed by atoms with Gasteiger partial charge in [-0.05, 0) is 61.2 Å². The molecule has 0 aliphatic carbocycles. The van der Waals surface area contributed by atoms with Gasteiger partial charge in [-0.25, -0.2) is 4.79 Å². The van der Waals surface area contributed by atoms with Crippen LogP contribution in [-0.2, 0) is 22.5 Å². The summed E-state index contributed by atoms with van der Waals surface area (Å²) in [5.74, 6) is -0.615. The summed E-state index contributed by atoms with van der Waals surface area (Å²) in [5, 5.41) is 15.5. The summed E-state index contributed by atoms with van der Waals surface area (Å²) in [6.07, 6.45) is 0.687. The molecule has 1 saturated heterocycles. The molecule has 1 amide bonds. The van der Waals surface area contributed by atoms with Crippen molar-refractivity contribution in [2.24, 2.45) is 0 Å². The number of aromatic nitrogens is 1. The Morgan fingerprint density at radius 1 is 1.30 bits per heavy atom. The zero-order valence-corrected chi connectivity index (χ0v) is 18.9. The average Bonchev–Trinajstić information content (AvgIpc) is 2.97. The third kappa shape index (κ3) is 5.00. The van der Waals surface area contributed by atoms with Crippen molar-refractivity contribution in [1.29, 1.82) is 5.26 Å². The number of carbonyl (C=O) groups is 1. The molecular formula is C25H28N4O4. The second kappa shape index (κ2) is 10.0. The van der Waals surface area contributed by atoms with Crippen LogP contribution in [0.2, 0.25) is 0 Å². The minimum atomic E-state index is -0.640. The summed E-state index contributed by atoms with van der Waals surface area (Å²) in [6, 6.07) is 13.4. The van der Waals surface area contributed by atoms with Gasteiger partial charge in [-0.3, -0.25) is 9.36 Å². The quantitative estimate of drug-likeness (QED) is 0.600. The number of nitrogens with one attached hydrogen (secondary N) is 2. The lowest BCUT2D eigenvalue weighted by Gasteiger charge is -2.18. The first-order chi connectivity index (χ1) is 16.0. The SMILES string of the molecule is CCn1c(=O)oc2c(C)cc(-c3ccc(CC(C#N)NC(=O)[C@@H]4CNCCCO4)cc3)cc21. The molecule has 0 bridgehead atoms. The van der Waals surface area contributed by atoms with Crippen LogP contribution < -0.4 is 16.4 Å². The van der Waals surface area contributed by atoms with E-state index in [4.69, 9.17) is 9.15 Å². The lowest BCUT2D eigenvalue weighted by molar-refractivity contribution is -0.132. The number of hydrogen-bond acceptors (Lipinski definition) is 6. The largest absolute Gasteiger partial charge is 0.419 e. The highest BCUT2D eigenvalue weighted by Crippen LogP contribution is 2.27. The Kier molecular flexibility index (Phi) is 6.92. The van der Waals surface area contributed by atoms with Gasteiger partial charge in [-0.1, -0.05) is 24.3 Å². The summed E-state index contributed by atoms with van der Waals surface area (Å²) in [5.41, 5.74) is 5.22. The molecule has 8 nitrogen and oxygen atoms in total. The molecule has 0 saturated carbocycles. The van der Waals surface area contributed by atoms with Crippen LogP contribution in [0.25, 0.3) is 22.2 Å². The van der Waals surface area contributed by atoms with Gasteiger partial charge >= 0.3 is 5.76 Å². The van der Waals surface area contributed by atoms with Crippen LogP contribution in [0.3, 0.4) is 0 Å². The number of amides is 1.